The van der Waals surface area contributed by atoms with Crippen LogP contribution in [0.5, 0.6) is 5.88 Å². The Morgan fingerprint density at radius 1 is 1.25 bits per heavy atom. The standard InChI is InChI=1S/C14H12ClN3O2/c15-12-2-1-5-17-13(12)20-11-8-18(9-11)14(19)10-3-6-16-7-4-10/h1-7,11H,8-9H2. The van der Waals surface area contributed by atoms with Gasteiger partial charge < -0.3 is 9.64 Å². The number of carbonyl (C=O) groups is 1. The Morgan fingerprint density at radius 2 is 2.00 bits per heavy atom. The van der Waals surface area contributed by atoms with Gasteiger partial charge in [0.1, 0.15) is 11.1 Å². The summed E-state index contributed by atoms with van der Waals surface area (Å²) in [5.41, 5.74) is 0.634. The molecular formula is C14H12ClN3O2. The van der Waals surface area contributed by atoms with Gasteiger partial charge in [-0.3, -0.25) is 9.78 Å². The van der Waals surface area contributed by atoms with Crippen LogP contribution in [0.4, 0.5) is 0 Å². The molecule has 0 unspecified atom stereocenters. The summed E-state index contributed by atoms with van der Waals surface area (Å²) in [6.45, 7) is 1.07. The van der Waals surface area contributed by atoms with Gasteiger partial charge in [-0.15, -0.1) is 0 Å². The molecule has 20 heavy (non-hydrogen) atoms. The number of ether oxygens (including phenoxy) is 1. The lowest BCUT2D eigenvalue weighted by Crippen LogP contribution is -2.56. The quantitative estimate of drug-likeness (QED) is 0.867. The molecule has 0 aliphatic carbocycles. The predicted octanol–water partition coefficient (Wildman–Crippen LogP) is 2.03. The first-order valence-corrected chi connectivity index (χ1v) is 6.58. The zero-order chi connectivity index (χ0) is 13.9. The maximum Gasteiger partial charge on any atom is 0.254 e. The van der Waals surface area contributed by atoms with E-state index in [2.05, 4.69) is 9.97 Å². The first-order valence-electron chi connectivity index (χ1n) is 6.20. The van der Waals surface area contributed by atoms with Crippen molar-refractivity contribution in [1.82, 2.24) is 14.9 Å². The highest BCUT2D eigenvalue weighted by Crippen LogP contribution is 2.24. The molecule has 1 fully saturated rings. The average Bonchev–Trinajstić information content (AvgIpc) is 2.44. The van der Waals surface area contributed by atoms with E-state index in [1.165, 1.54) is 0 Å². The molecule has 2 aromatic heterocycles. The molecule has 0 radical (unpaired) electrons. The van der Waals surface area contributed by atoms with E-state index in [9.17, 15) is 4.79 Å². The highest BCUT2D eigenvalue weighted by molar-refractivity contribution is 6.31. The number of aromatic nitrogens is 2. The third kappa shape index (κ3) is 2.58. The van der Waals surface area contributed by atoms with Crippen molar-refractivity contribution in [2.45, 2.75) is 6.10 Å². The van der Waals surface area contributed by atoms with Gasteiger partial charge in [0.2, 0.25) is 5.88 Å². The number of pyridine rings is 2. The lowest BCUT2D eigenvalue weighted by atomic mass is 10.1. The summed E-state index contributed by atoms with van der Waals surface area (Å²) in [6.07, 6.45) is 4.77. The van der Waals surface area contributed by atoms with Crippen LogP contribution in [0.2, 0.25) is 5.02 Å². The van der Waals surface area contributed by atoms with Crippen molar-refractivity contribution in [2.75, 3.05) is 13.1 Å². The van der Waals surface area contributed by atoms with Crippen molar-refractivity contribution < 1.29 is 9.53 Å². The Hall–Kier alpha value is -2.14. The fraction of sp³-hybridized carbons (Fsp3) is 0.214. The van der Waals surface area contributed by atoms with Crippen molar-refractivity contribution in [3.8, 4) is 5.88 Å². The molecular weight excluding hydrogens is 278 g/mol. The monoisotopic (exact) mass is 289 g/mol. The topological polar surface area (TPSA) is 55.3 Å². The van der Waals surface area contributed by atoms with E-state index in [0.717, 1.165) is 0 Å². The zero-order valence-electron chi connectivity index (χ0n) is 10.6. The molecule has 5 nitrogen and oxygen atoms in total. The van der Waals surface area contributed by atoms with E-state index in [1.54, 1.807) is 47.8 Å². The van der Waals surface area contributed by atoms with Gasteiger partial charge in [0.15, 0.2) is 0 Å². The molecule has 6 heteroatoms. The molecule has 2 aromatic rings. The molecule has 0 N–H and O–H groups in total. The molecule has 0 spiro atoms. The molecule has 102 valence electrons. The van der Waals surface area contributed by atoms with Crippen LogP contribution in [-0.4, -0.2) is 40.0 Å². The third-order valence-electron chi connectivity index (χ3n) is 3.07. The summed E-state index contributed by atoms with van der Waals surface area (Å²) in [4.78, 5) is 21.8. The second-order valence-corrected chi connectivity index (χ2v) is 4.88. The van der Waals surface area contributed by atoms with Crippen LogP contribution in [0.25, 0.3) is 0 Å². The average molecular weight is 290 g/mol. The number of amides is 1. The smallest absolute Gasteiger partial charge is 0.254 e. The number of rotatable bonds is 3. The largest absolute Gasteiger partial charge is 0.470 e. The third-order valence-corrected chi connectivity index (χ3v) is 3.35. The number of likely N-dealkylation sites (tertiary alicyclic amines) is 1. The van der Waals surface area contributed by atoms with E-state index < -0.39 is 0 Å². The van der Waals surface area contributed by atoms with E-state index in [4.69, 9.17) is 16.3 Å². The van der Waals surface area contributed by atoms with Crippen molar-refractivity contribution in [2.24, 2.45) is 0 Å². The second kappa shape index (κ2) is 5.46. The van der Waals surface area contributed by atoms with Gasteiger partial charge in [0.05, 0.1) is 13.1 Å². The Kier molecular flexibility index (Phi) is 3.52. The van der Waals surface area contributed by atoms with Crippen LogP contribution in [-0.2, 0) is 0 Å². The summed E-state index contributed by atoms with van der Waals surface area (Å²) >= 11 is 5.97. The molecule has 1 amide bonds. The predicted molar refractivity (Wildman–Crippen MR) is 73.8 cm³/mol. The molecule has 0 atom stereocenters. The number of carbonyl (C=O) groups excluding carboxylic acids is 1. The summed E-state index contributed by atoms with van der Waals surface area (Å²) in [7, 11) is 0. The van der Waals surface area contributed by atoms with Gasteiger partial charge in [0, 0.05) is 24.2 Å². The SMILES string of the molecule is O=C(c1ccncc1)N1CC(Oc2ncccc2Cl)C1. The van der Waals surface area contributed by atoms with Crippen molar-refractivity contribution >= 4 is 17.5 Å². The molecule has 1 saturated heterocycles. The van der Waals surface area contributed by atoms with Gasteiger partial charge in [-0.1, -0.05) is 11.6 Å². The Bertz CT molecular complexity index is 615. The van der Waals surface area contributed by atoms with Crippen LogP contribution >= 0.6 is 11.6 Å². The zero-order valence-corrected chi connectivity index (χ0v) is 11.3. The molecule has 1 aliphatic rings. The highest BCUT2D eigenvalue weighted by Gasteiger charge is 2.33. The van der Waals surface area contributed by atoms with Crippen molar-refractivity contribution in [1.29, 1.82) is 0 Å². The molecule has 0 saturated carbocycles. The molecule has 3 heterocycles. The van der Waals surface area contributed by atoms with Crippen LogP contribution in [0.1, 0.15) is 10.4 Å². The number of halogens is 1. The van der Waals surface area contributed by atoms with Crippen molar-refractivity contribution in [3.05, 3.63) is 53.4 Å². The molecule has 0 bridgehead atoms. The van der Waals surface area contributed by atoms with Gasteiger partial charge >= 0.3 is 0 Å². The Balaban J connectivity index is 1.57. The normalized spacial score (nSPS) is 14.8. The lowest BCUT2D eigenvalue weighted by molar-refractivity contribution is 0.0160. The maximum absolute atomic E-state index is 12.1. The Labute approximate surface area is 121 Å². The van der Waals surface area contributed by atoms with Crippen molar-refractivity contribution in [3.63, 3.8) is 0 Å². The highest BCUT2D eigenvalue weighted by atomic mass is 35.5. The van der Waals surface area contributed by atoms with Crippen LogP contribution in [0.15, 0.2) is 42.9 Å². The fourth-order valence-corrected chi connectivity index (χ4v) is 2.14. The summed E-state index contributed by atoms with van der Waals surface area (Å²) in [5, 5.41) is 0.478. The summed E-state index contributed by atoms with van der Waals surface area (Å²) < 4.78 is 5.65. The van der Waals surface area contributed by atoms with Gasteiger partial charge in [-0.25, -0.2) is 4.98 Å². The number of hydrogen-bond donors (Lipinski definition) is 0. The maximum atomic E-state index is 12.1. The molecule has 1 aliphatic heterocycles. The minimum atomic E-state index is -0.0619. The first-order chi connectivity index (χ1) is 9.74. The van der Waals surface area contributed by atoms with Crippen LogP contribution in [0, 0.1) is 0 Å². The second-order valence-electron chi connectivity index (χ2n) is 4.48. The fourth-order valence-electron chi connectivity index (χ4n) is 1.97. The van der Waals surface area contributed by atoms with E-state index in [0.29, 0.717) is 29.6 Å². The van der Waals surface area contributed by atoms with E-state index in [-0.39, 0.29) is 12.0 Å². The van der Waals surface area contributed by atoms with Gasteiger partial charge in [-0.05, 0) is 24.3 Å². The van der Waals surface area contributed by atoms with E-state index in [1.807, 2.05) is 0 Å². The molecule has 3 rings (SSSR count). The van der Waals surface area contributed by atoms with Gasteiger partial charge in [-0.2, -0.15) is 0 Å². The first kappa shape index (κ1) is 12.9. The summed E-state index contributed by atoms with van der Waals surface area (Å²) in [6, 6.07) is 6.87. The van der Waals surface area contributed by atoms with Crippen LogP contribution in [0.3, 0.4) is 0 Å². The lowest BCUT2D eigenvalue weighted by Gasteiger charge is -2.38. The summed E-state index contributed by atoms with van der Waals surface area (Å²) in [5.74, 6) is 0.398. The van der Waals surface area contributed by atoms with E-state index >= 15 is 0 Å². The minimum Gasteiger partial charge on any atom is -0.470 e. The number of nitrogens with zero attached hydrogens (tertiary/aromatic N) is 3. The molecule has 0 aromatic carbocycles. The van der Waals surface area contributed by atoms with Crippen LogP contribution < -0.4 is 4.74 Å². The Morgan fingerprint density at radius 3 is 2.70 bits per heavy atom. The number of hydrogen-bond acceptors (Lipinski definition) is 4. The minimum absolute atomic E-state index is 0.0145. The van der Waals surface area contributed by atoms with Gasteiger partial charge in [0.25, 0.3) is 5.91 Å².